The largest absolute Gasteiger partial charge is 0.340 e. The van der Waals surface area contributed by atoms with Gasteiger partial charge >= 0.3 is 0 Å². The maximum atomic E-state index is 13.2. The van der Waals surface area contributed by atoms with Gasteiger partial charge in [0.15, 0.2) is 0 Å². The summed E-state index contributed by atoms with van der Waals surface area (Å²) in [5.41, 5.74) is 2.52. The first kappa shape index (κ1) is 14.8. The first-order valence-corrected chi connectivity index (χ1v) is 7.21. The Bertz CT molecular complexity index is 790. The van der Waals surface area contributed by atoms with E-state index in [1.54, 1.807) is 23.0 Å². The summed E-state index contributed by atoms with van der Waals surface area (Å²) < 4.78 is 15.0. The molecular weight excluding hydrogens is 291 g/mol. The maximum absolute atomic E-state index is 13.2. The maximum Gasteiger partial charge on any atom is 0.138 e. The summed E-state index contributed by atoms with van der Waals surface area (Å²) in [5, 5.41) is 7.13. The molecule has 2 aromatic rings. The zero-order valence-corrected chi connectivity index (χ0v) is 12.4. The second-order valence-corrected chi connectivity index (χ2v) is 4.87. The molecule has 23 heavy (non-hydrogen) atoms. The molecule has 0 aliphatic carbocycles. The molecule has 0 saturated heterocycles. The van der Waals surface area contributed by atoms with E-state index in [1.807, 2.05) is 36.5 Å². The number of allylic oxidation sites excluding steroid dienone is 3. The molecule has 2 heterocycles. The number of alkyl halides is 1. The van der Waals surface area contributed by atoms with E-state index < -0.39 is 6.17 Å². The lowest BCUT2D eigenvalue weighted by Crippen LogP contribution is -2.10. The molecule has 0 amide bonds. The highest BCUT2D eigenvalue weighted by Crippen LogP contribution is 2.08. The lowest BCUT2D eigenvalue weighted by molar-refractivity contribution is 0.409. The van der Waals surface area contributed by atoms with Crippen LogP contribution in [0.2, 0.25) is 0 Å². The third-order valence-corrected chi connectivity index (χ3v) is 3.15. The molecule has 5 heteroatoms. The Morgan fingerprint density at radius 1 is 1.22 bits per heavy atom. The molecule has 0 spiro atoms. The number of halogens is 1. The van der Waals surface area contributed by atoms with E-state index in [9.17, 15) is 4.39 Å². The fourth-order valence-electron chi connectivity index (χ4n) is 1.99. The molecule has 1 atom stereocenters. The summed E-state index contributed by atoms with van der Waals surface area (Å²) >= 11 is 0. The van der Waals surface area contributed by atoms with Crippen LogP contribution in [-0.4, -0.2) is 28.8 Å². The molecule has 1 aromatic heterocycles. The number of aromatic nitrogens is 2. The summed E-state index contributed by atoms with van der Waals surface area (Å²) in [7, 11) is 0. The summed E-state index contributed by atoms with van der Waals surface area (Å²) in [6.45, 7) is 0.118. The van der Waals surface area contributed by atoms with Crippen LogP contribution in [0.1, 0.15) is 5.56 Å². The minimum Gasteiger partial charge on any atom is -0.340 e. The highest BCUT2D eigenvalue weighted by molar-refractivity contribution is 5.61. The third-order valence-electron chi connectivity index (χ3n) is 3.15. The van der Waals surface area contributed by atoms with Gasteiger partial charge in [0.1, 0.15) is 6.17 Å². The van der Waals surface area contributed by atoms with Crippen LogP contribution in [0.3, 0.4) is 0 Å². The highest BCUT2D eigenvalue weighted by Gasteiger charge is 1.99. The van der Waals surface area contributed by atoms with Crippen LogP contribution in [0.15, 0.2) is 71.6 Å². The molecule has 0 saturated carbocycles. The number of nitrogens with zero attached hydrogens (tertiary/aromatic N) is 3. The van der Waals surface area contributed by atoms with E-state index in [4.69, 9.17) is 0 Å². The van der Waals surface area contributed by atoms with Gasteiger partial charge in [0.05, 0.1) is 24.3 Å². The Labute approximate surface area is 134 Å². The normalized spacial score (nSPS) is 20.7. The summed E-state index contributed by atoms with van der Waals surface area (Å²) in [6.07, 6.45) is 8.88. The number of rotatable bonds is 1. The number of aliphatic imine (C=N–C) groups is 1. The Morgan fingerprint density at radius 2 is 2.09 bits per heavy atom. The SMILES string of the molecule is FC1/C=C/C=C(/C#Cc2ccc(-n3cccn3)cc2)NC=NC1. The molecule has 3 rings (SSSR count). The molecule has 1 N–H and O–H groups in total. The second kappa shape index (κ2) is 7.23. The van der Waals surface area contributed by atoms with Crippen LogP contribution in [-0.2, 0) is 0 Å². The Morgan fingerprint density at radius 3 is 2.87 bits per heavy atom. The fourth-order valence-corrected chi connectivity index (χ4v) is 1.99. The minimum atomic E-state index is -1.06. The highest BCUT2D eigenvalue weighted by atomic mass is 19.1. The Kier molecular flexibility index (Phi) is 4.65. The fraction of sp³-hybridized carbons (Fsp3) is 0.111. The smallest absolute Gasteiger partial charge is 0.138 e. The van der Waals surface area contributed by atoms with Crippen molar-refractivity contribution in [1.29, 1.82) is 0 Å². The quantitative estimate of drug-likeness (QED) is 0.823. The van der Waals surface area contributed by atoms with E-state index in [-0.39, 0.29) is 6.54 Å². The van der Waals surface area contributed by atoms with Crippen LogP contribution < -0.4 is 5.32 Å². The number of hydrogen-bond acceptors (Lipinski definition) is 3. The number of nitrogens with one attached hydrogen (secondary N) is 1. The van der Waals surface area contributed by atoms with Crippen molar-refractivity contribution in [3.8, 4) is 17.5 Å². The van der Waals surface area contributed by atoms with Crippen LogP contribution >= 0.6 is 0 Å². The van der Waals surface area contributed by atoms with Gasteiger partial charge in [0.25, 0.3) is 0 Å². The van der Waals surface area contributed by atoms with Crippen molar-refractivity contribution in [2.24, 2.45) is 4.99 Å². The van der Waals surface area contributed by atoms with Gasteiger partial charge in [-0.05, 0) is 48.4 Å². The summed E-state index contributed by atoms with van der Waals surface area (Å²) in [5.74, 6) is 6.08. The minimum absolute atomic E-state index is 0.118. The molecule has 1 aliphatic heterocycles. The predicted molar refractivity (Wildman–Crippen MR) is 89.1 cm³/mol. The van der Waals surface area contributed by atoms with Crippen molar-refractivity contribution in [3.63, 3.8) is 0 Å². The molecule has 0 radical (unpaired) electrons. The Balaban J connectivity index is 1.75. The van der Waals surface area contributed by atoms with E-state index in [1.165, 1.54) is 12.4 Å². The lowest BCUT2D eigenvalue weighted by atomic mass is 10.2. The first-order valence-electron chi connectivity index (χ1n) is 7.21. The van der Waals surface area contributed by atoms with E-state index >= 15 is 0 Å². The van der Waals surface area contributed by atoms with Crippen LogP contribution in [0, 0.1) is 11.8 Å². The standard InChI is InChI=1S/C18H15FN4/c19-16-3-1-4-17(21-14-20-13-16)8-5-15-6-9-18(10-7-15)23-12-2-11-22-23/h1-4,6-7,9-12,14,16H,13H2,(H,20,21)/b3-1+,17-4-. The van der Waals surface area contributed by atoms with Crippen molar-refractivity contribution in [2.75, 3.05) is 6.54 Å². The molecule has 0 bridgehead atoms. The summed E-state index contributed by atoms with van der Waals surface area (Å²) in [4.78, 5) is 3.94. The van der Waals surface area contributed by atoms with Crippen molar-refractivity contribution in [1.82, 2.24) is 15.1 Å². The first-order chi connectivity index (χ1) is 11.3. The van der Waals surface area contributed by atoms with Crippen molar-refractivity contribution in [2.45, 2.75) is 6.17 Å². The van der Waals surface area contributed by atoms with Crippen LogP contribution in [0.4, 0.5) is 4.39 Å². The zero-order chi connectivity index (χ0) is 15.9. The second-order valence-electron chi connectivity index (χ2n) is 4.87. The van der Waals surface area contributed by atoms with Crippen LogP contribution in [0.5, 0.6) is 0 Å². The van der Waals surface area contributed by atoms with Gasteiger partial charge in [-0.1, -0.05) is 12.0 Å². The lowest BCUT2D eigenvalue weighted by Gasteiger charge is -2.00. The van der Waals surface area contributed by atoms with Gasteiger partial charge < -0.3 is 5.32 Å². The van der Waals surface area contributed by atoms with Crippen LogP contribution in [0.25, 0.3) is 5.69 Å². The van der Waals surface area contributed by atoms with Gasteiger partial charge in [-0.2, -0.15) is 5.10 Å². The van der Waals surface area contributed by atoms with Gasteiger partial charge in [0, 0.05) is 18.0 Å². The molecular formula is C18H15FN4. The average molecular weight is 306 g/mol. The van der Waals surface area contributed by atoms with E-state index in [0.717, 1.165) is 11.3 Å². The van der Waals surface area contributed by atoms with Crippen molar-refractivity contribution >= 4 is 6.34 Å². The molecule has 1 aromatic carbocycles. The third kappa shape index (κ3) is 4.17. The molecule has 1 unspecified atom stereocenters. The Hall–Kier alpha value is -3.13. The average Bonchev–Trinajstić information content (AvgIpc) is 3.12. The predicted octanol–water partition coefficient (Wildman–Crippen LogP) is 2.63. The number of hydrogen-bond donors (Lipinski definition) is 1. The van der Waals surface area contributed by atoms with E-state index in [2.05, 4.69) is 27.2 Å². The van der Waals surface area contributed by atoms with E-state index in [0.29, 0.717) is 5.70 Å². The van der Waals surface area contributed by atoms with Crippen molar-refractivity contribution in [3.05, 3.63) is 72.2 Å². The van der Waals surface area contributed by atoms with Gasteiger partial charge in [-0.25, -0.2) is 9.07 Å². The molecule has 0 fully saturated rings. The van der Waals surface area contributed by atoms with Gasteiger partial charge in [-0.15, -0.1) is 0 Å². The topological polar surface area (TPSA) is 42.2 Å². The van der Waals surface area contributed by atoms with Crippen molar-refractivity contribution < 1.29 is 4.39 Å². The van der Waals surface area contributed by atoms with Gasteiger partial charge in [-0.3, -0.25) is 4.99 Å². The zero-order valence-electron chi connectivity index (χ0n) is 12.4. The monoisotopic (exact) mass is 306 g/mol. The summed E-state index contributed by atoms with van der Waals surface area (Å²) in [6, 6.07) is 9.65. The number of benzene rings is 1. The molecule has 1 aliphatic rings. The molecule has 114 valence electrons. The van der Waals surface area contributed by atoms with Gasteiger partial charge in [0.2, 0.25) is 0 Å². The molecule has 4 nitrogen and oxygen atoms in total.